The highest BCUT2D eigenvalue weighted by Crippen LogP contribution is 2.40. The average molecular weight is 283 g/mol. The van der Waals surface area contributed by atoms with Gasteiger partial charge in [-0.25, -0.2) is 4.98 Å². The number of rotatable bonds is 5. The molecule has 1 aromatic carbocycles. The fourth-order valence-corrected chi connectivity index (χ4v) is 2.94. The topological polar surface area (TPSA) is 46.9 Å². The van der Waals surface area contributed by atoms with E-state index in [9.17, 15) is 4.79 Å². The minimum absolute atomic E-state index is 0.178. The van der Waals surface area contributed by atoms with Crippen LogP contribution < -0.4 is 5.32 Å². The van der Waals surface area contributed by atoms with Gasteiger partial charge in [-0.2, -0.15) is 0 Å². The number of aryl methyl sites for hydroxylation is 1. The predicted molar refractivity (Wildman–Crippen MR) is 81.9 cm³/mol. The van der Waals surface area contributed by atoms with E-state index >= 15 is 0 Å². The molecular weight excluding hydrogens is 262 g/mol. The molecule has 2 aromatic rings. The molecule has 4 rings (SSSR count). The minimum Gasteiger partial charge on any atom is -0.352 e. The zero-order valence-corrected chi connectivity index (χ0v) is 12.4. The lowest BCUT2D eigenvalue weighted by Gasteiger charge is -2.05. The van der Waals surface area contributed by atoms with Crippen LogP contribution in [0.25, 0.3) is 11.0 Å². The van der Waals surface area contributed by atoms with Gasteiger partial charge in [-0.05, 0) is 49.3 Å². The van der Waals surface area contributed by atoms with Crippen molar-refractivity contribution in [3.63, 3.8) is 0 Å². The van der Waals surface area contributed by atoms with E-state index in [1.807, 2.05) is 0 Å². The van der Waals surface area contributed by atoms with Gasteiger partial charge in [0.1, 0.15) is 5.82 Å². The van der Waals surface area contributed by atoms with Crippen LogP contribution in [0, 0.1) is 5.92 Å². The number of fused-ring (bicyclic) bond motifs is 1. The van der Waals surface area contributed by atoms with Crippen LogP contribution in [0.4, 0.5) is 0 Å². The third kappa shape index (κ3) is 2.67. The number of carbonyl (C=O) groups excluding carboxylic acids is 1. The van der Waals surface area contributed by atoms with Crippen molar-refractivity contribution < 1.29 is 4.79 Å². The van der Waals surface area contributed by atoms with E-state index in [2.05, 4.69) is 35.1 Å². The van der Waals surface area contributed by atoms with Gasteiger partial charge in [-0.1, -0.05) is 6.07 Å². The Morgan fingerprint density at radius 2 is 2.14 bits per heavy atom. The SMILES string of the molecule is Cn1c(C2CC2)nc2cc(CNC(=O)CC3CC3)ccc21. The fourth-order valence-electron chi connectivity index (χ4n) is 2.94. The van der Waals surface area contributed by atoms with Gasteiger partial charge in [-0.15, -0.1) is 0 Å². The number of benzene rings is 1. The first kappa shape index (κ1) is 12.9. The first-order chi connectivity index (χ1) is 10.2. The Bertz CT molecular complexity index is 695. The summed E-state index contributed by atoms with van der Waals surface area (Å²) in [5.74, 6) is 2.69. The molecule has 1 amide bonds. The van der Waals surface area contributed by atoms with E-state index in [-0.39, 0.29) is 5.91 Å². The maximum Gasteiger partial charge on any atom is 0.220 e. The second kappa shape index (κ2) is 4.86. The molecule has 1 N–H and O–H groups in total. The third-order valence-corrected chi connectivity index (χ3v) is 4.58. The number of carbonyl (C=O) groups is 1. The molecule has 0 spiro atoms. The highest BCUT2D eigenvalue weighted by Gasteiger charge is 2.28. The Morgan fingerprint density at radius 3 is 2.86 bits per heavy atom. The van der Waals surface area contributed by atoms with E-state index in [0.29, 0.717) is 24.8 Å². The van der Waals surface area contributed by atoms with Gasteiger partial charge in [0.15, 0.2) is 0 Å². The maximum absolute atomic E-state index is 11.8. The number of imidazole rings is 1. The number of hydrogen-bond acceptors (Lipinski definition) is 2. The Labute approximate surface area is 124 Å². The number of nitrogens with one attached hydrogen (secondary N) is 1. The Morgan fingerprint density at radius 1 is 1.33 bits per heavy atom. The summed E-state index contributed by atoms with van der Waals surface area (Å²) in [6.07, 6.45) is 5.66. The first-order valence-electron chi connectivity index (χ1n) is 7.92. The molecule has 0 unspecified atom stereocenters. The molecule has 1 aromatic heterocycles. The summed E-state index contributed by atoms with van der Waals surface area (Å²) in [7, 11) is 2.10. The lowest BCUT2D eigenvalue weighted by atomic mass is 10.2. The predicted octanol–water partition coefficient (Wildman–Crippen LogP) is 2.87. The zero-order valence-electron chi connectivity index (χ0n) is 12.4. The van der Waals surface area contributed by atoms with Gasteiger partial charge < -0.3 is 9.88 Å². The summed E-state index contributed by atoms with van der Waals surface area (Å²) in [5.41, 5.74) is 3.37. The van der Waals surface area contributed by atoms with Gasteiger partial charge in [0.05, 0.1) is 11.0 Å². The van der Waals surface area contributed by atoms with Crippen molar-refractivity contribution in [1.29, 1.82) is 0 Å². The van der Waals surface area contributed by atoms with E-state index in [1.54, 1.807) is 0 Å². The quantitative estimate of drug-likeness (QED) is 0.917. The van der Waals surface area contributed by atoms with E-state index < -0.39 is 0 Å². The van der Waals surface area contributed by atoms with Crippen LogP contribution in [0.15, 0.2) is 18.2 Å². The first-order valence-corrected chi connectivity index (χ1v) is 7.92. The molecule has 0 bridgehead atoms. The molecule has 2 aliphatic carbocycles. The summed E-state index contributed by atoms with van der Waals surface area (Å²) in [6, 6.07) is 6.33. The molecule has 2 saturated carbocycles. The minimum atomic E-state index is 0.178. The van der Waals surface area contributed by atoms with Gasteiger partial charge in [-0.3, -0.25) is 4.79 Å². The molecule has 0 aliphatic heterocycles. The highest BCUT2D eigenvalue weighted by atomic mass is 16.1. The second-order valence-corrected chi connectivity index (χ2v) is 6.55. The van der Waals surface area contributed by atoms with Gasteiger partial charge in [0, 0.05) is 25.9 Å². The van der Waals surface area contributed by atoms with Crippen molar-refractivity contribution in [2.45, 2.75) is 44.6 Å². The Kier molecular flexibility index (Phi) is 2.98. The standard InChI is InChI=1S/C17H21N3O/c1-20-15-7-4-12(10-18-16(21)9-11-2-3-11)8-14(15)19-17(20)13-5-6-13/h4,7-8,11,13H,2-3,5-6,9-10H2,1H3,(H,18,21). The van der Waals surface area contributed by atoms with Crippen molar-refractivity contribution >= 4 is 16.9 Å². The molecule has 1 heterocycles. The molecule has 0 saturated heterocycles. The summed E-state index contributed by atoms with van der Waals surface area (Å²) < 4.78 is 2.21. The lowest BCUT2D eigenvalue weighted by Crippen LogP contribution is -2.22. The summed E-state index contributed by atoms with van der Waals surface area (Å²) >= 11 is 0. The second-order valence-electron chi connectivity index (χ2n) is 6.55. The van der Waals surface area contributed by atoms with E-state index in [4.69, 9.17) is 4.98 Å². The highest BCUT2D eigenvalue weighted by molar-refractivity contribution is 5.78. The third-order valence-electron chi connectivity index (χ3n) is 4.58. The summed E-state index contributed by atoms with van der Waals surface area (Å²) in [5, 5.41) is 3.02. The zero-order chi connectivity index (χ0) is 14.4. The van der Waals surface area contributed by atoms with Crippen LogP contribution >= 0.6 is 0 Å². The van der Waals surface area contributed by atoms with Crippen molar-refractivity contribution in [3.05, 3.63) is 29.6 Å². The number of hydrogen-bond donors (Lipinski definition) is 1. The van der Waals surface area contributed by atoms with Crippen LogP contribution in [-0.2, 0) is 18.4 Å². The monoisotopic (exact) mass is 283 g/mol. The number of nitrogens with zero attached hydrogens (tertiary/aromatic N) is 2. The van der Waals surface area contributed by atoms with E-state index in [1.165, 1.54) is 37.0 Å². The smallest absolute Gasteiger partial charge is 0.220 e. The number of aromatic nitrogens is 2. The average Bonchev–Trinajstić information content (AvgIpc) is 3.37. The Balaban J connectivity index is 1.48. The van der Waals surface area contributed by atoms with Gasteiger partial charge >= 0.3 is 0 Å². The molecule has 4 nitrogen and oxygen atoms in total. The lowest BCUT2D eigenvalue weighted by molar-refractivity contribution is -0.121. The summed E-state index contributed by atoms with van der Waals surface area (Å²) in [6.45, 7) is 0.608. The van der Waals surface area contributed by atoms with Gasteiger partial charge in [0.2, 0.25) is 5.91 Å². The van der Waals surface area contributed by atoms with Crippen LogP contribution in [0.1, 0.15) is 49.4 Å². The van der Waals surface area contributed by atoms with Crippen molar-refractivity contribution in [2.75, 3.05) is 0 Å². The molecule has 21 heavy (non-hydrogen) atoms. The van der Waals surface area contributed by atoms with Crippen LogP contribution in [0.3, 0.4) is 0 Å². The maximum atomic E-state index is 11.8. The summed E-state index contributed by atoms with van der Waals surface area (Å²) in [4.78, 5) is 16.5. The molecule has 2 aliphatic rings. The van der Waals surface area contributed by atoms with Crippen molar-refractivity contribution in [1.82, 2.24) is 14.9 Å². The van der Waals surface area contributed by atoms with Crippen LogP contribution in [0.5, 0.6) is 0 Å². The molecule has 0 radical (unpaired) electrons. The van der Waals surface area contributed by atoms with Crippen molar-refractivity contribution in [3.8, 4) is 0 Å². The molecule has 4 heteroatoms. The molecule has 0 atom stereocenters. The largest absolute Gasteiger partial charge is 0.352 e. The van der Waals surface area contributed by atoms with Crippen LogP contribution in [0.2, 0.25) is 0 Å². The normalized spacial score (nSPS) is 18.1. The van der Waals surface area contributed by atoms with E-state index in [0.717, 1.165) is 11.1 Å². The number of amides is 1. The fraction of sp³-hybridized carbons (Fsp3) is 0.529. The molecule has 110 valence electrons. The molecular formula is C17H21N3O. The van der Waals surface area contributed by atoms with Gasteiger partial charge in [0.25, 0.3) is 0 Å². The Hall–Kier alpha value is -1.84. The van der Waals surface area contributed by atoms with Crippen LogP contribution in [-0.4, -0.2) is 15.5 Å². The van der Waals surface area contributed by atoms with Crippen molar-refractivity contribution in [2.24, 2.45) is 13.0 Å². The molecule has 2 fully saturated rings.